The van der Waals surface area contributed by atoms with Gasteiger partial charge in [-0.2, -0.15) is 4.68 Å². The average Bonchev–Trinajstić information content (AvgIpc) is 2.45. The van der Waals surface area contributed by atoms with E-state index in [1.807, 2.05) is 0 Å². The van der Waals surface area contributed by atoms with Crippen LogP contribution in [-0.2, 0) is 0 Å². The van der Waals surface area contributed by atoms with E-state index in [-0.39, 0.29) is 16.6 Å². The van der Waals surface area contributed by atoms with Crippen LogP contribution in [0.4, 0.5) is 4.39 Å². The molecule has 6 heteroatoms. The summed E-state index contributed by atoms with van der Waals surface area (Å²) in [5, 5.41) is 3.98. The summed E-state index contributed by atoms with van der Waals surface area (Å²) in [7, 11) is 0. The predicted octanol–water partition coefficient (Wildman–Crippen LogP) is 1.93. The van der Waals surface area contributed by atoms with Crippen LogP contribution in [0.15, 0.2) is 27.4 Å². The molecular formula is C9H6ClFN2O2. The molecule has 2 rings (SSSR count). The van der Waals surface area contributed by atoms with E-state index < -0.39 is 11.6 Å². The van der Waals surface area contributed by atoms with E-state index >= 15 is 0 Å². The van der Waals surface area contributed by atoms with E-state index in [1.54, 1.807) is 0 Å². The summed E-state index contributed by atoms with van der Waals surface area (Å²) in [6, 6.07) is 3.94. The fourth-order valence-corrected chi connectivity index (χ4v) is 1.34. The molecule has 1 aromatic carbocycles. The molecule has 0 saturated heterocycles. The van der Waals surface area contributed by atoms with E-state index in [9.17, 15) is 9.18 Å². The molecule has 0 unspecified atom stereocenters. The standard InChI is InChI=1S/C9H6ClFN2O2/c1-5-12-13(9(14)15-5)8-3-2-6(10)4-7(8)11/h2-4H,1H3. The Kier molecular flexibility index (Phi) is 2.32. The van der Waals surface area contributed by atoms with Crippen LogP contribution in [0, 0.1) is 12.7 Å². The SMILES string of the molecule is Cc1nn(-c2ccc(Cl)cc2F)c(=O)o1. The van der Waals surface area contributed by atoms with Crippen molar-refractivity contribution >= 4 is 11.6 Å². The summed E-state index contributed by atoms with van der Waals surface area (Å²) in [6.45, 7) is 1.51. The largest absolute Gasteiger partial charge is 0.442 e. The summed E-state index contributed by atoms with van der Waals surface area (Å²) in [4.78, 5) is 11.2. The number of hydrogen-bond donors (Lipinski definition) is 0. The van der Waals surface area contributed by atoms with Crippen molar-refractivity contribution in [3.8, 4) is 5.69 Å². The van der Waals surface area contributed by atoms with Crippen molar-refractivity contribution in [2.24, 2.45) is 0 Å². The number of hydrogen-bond acceptors (Lipinski definition) is 3. The molecule has 0 atom stereocenters. The minimum Gasteiger partial charge on any atom is -0.392 e. The lowest BCUT2D eigenvalue weighted by Crippen LogP contribution is -2.14. The van der Waals surface area contributed by atoms with Gasteiger partial charge in [-0.3, -0.25) is 0 Å². The van der Waals surface area contributed by atoms with Gasteiger partial charge in [0.25, 0.3) is 0 Å². The van der Waals surface area contributed by atoms with Crippen LogP contribution in [0.25, 0.3) is 5.69 Å². The molecule has 0 bridgehead atoms. The summed E-state index contributed by atoms with van der Waals surface area (Å²) >= 11 is 5.58. The van der Waals surface area contributed by atoms with Gasteiger partial charge in [0.2, 0.25) is 5.89 Å². The average molecular weight is 229 g/mol. The monoisotopic (exact) mass is 228 g/mol. The van der Waals surface area contributed by atoms with Gasteiger partial charge in [-0.05, 0) is 18.2 Å². The zero-order chi connectivity index (χ0) is 11.0. The number of halogens is 2. The van der Waals surface area contributed by atoms with Gasteiger partial charge in [0.1, 0.15) is 5.69 Å². The summed E-state index contributed by atoms with van der Waals surface area (Å²) in [6.07, 6.45) is 0. The quantitative estimate of drug-likeness (QED) is 0.749. The van der Waals surface area contributed by atoms with Gasteiger partial charge >= 0.3 is 5.76 Å². The molecule has 15 heavy (non-hydrogen) atoms. The highest BCUT2D eigenvalue weighted by molar-refractivity contribution is 6.30. The minimum absolute atomic E-state index is 0.0150. The van der Waals surface area contributed by atoms with Crippen molar-refractivity contribution < 1.29 is 8.81 Å². The molecule has 0 fully saturated rings. The summed E-state index contributed by atoms with van der Waals surface area (Å²) in [5.41, 5.74) is 0.0150. The zero-order valence-corrected chi connectivity index (χ0v) is 8.45. The lowest BCUT2D eigenvalue weighted by molar-refractivity contribution is 0.475. The van der Waals surface area contributed by atoms with Gasteiger partial charge < -0.3 is 4.42 Å². The first-order valence-corrected chi connectivity index (χ1v) is 4.48. The third kappa shape index (κ3) is 1.78. The van der Waals surface area contributed by atoms with Crippen molar-refractivity contribution in [2.75, 3.05) is 0 Å². The molecule has 4 nitrogen and oxygen atoms in total. The summed E-state index contributed by atoms with van der Waals surface area (Å²) < 4.78 is 18.9. The third-order valence-electron chi connectivity index (χ3n) is 1.79. The van der Waals surface area contributed by atoms with Gasteiger partial charge in [-0.25, -0.2) is 9.18 Å². The second-order valence-electron chi connectivity index (χ2n) is 2.89. The third-order valence-corrected chi connectivity index (χ3v) is 2.02. The lowest BCUT2D eigenvalue weighted by atomic mass is 10.3. The smallest absolute Gasteiger partial charge is 0.392 e. The molecule has 0 spiro atoms. The van der Waals surface area contributed by atoms with Crippen LogP contribution in [0.5, 0.6) is 0 Å². The van der Waals surface area contributed by atoms with Crippen molar-refractivity contribution in [2.45, 2.75) is 6.92 Å². The van der Waals surface area contributed by atoms with Gasteiger partial charge in [0.15, 0.2) is 5.82 Å². The van der Waals surface area contributed by atoms with Crippen molar-refractivity contribution in [1.82, 2.24) is 9.78 Å². The first-order valence-electron chi connectivity index (χ1n) is 4.10. The Balaban J connectivity index is 2.64. The maximum absolute atomic E-state index is 13.4. The number of nitrogens with zero attached hydrogens (tertiary/aromatic N) is 2. The molecule has 78 valence electrons. The molecule has 0 saturated carbocycles. The maximum Gasteiger partial charge on any atom is 0.442 e. The molecule has 0 aliphatic rings. The molecule has 0 amide bonds. The molecule has 0 radical (unpaired) electrons. The number of rotatable bonds is 1. The Morgan fingerprint density at radius 1 is 1.53 bits per heavy atom. The van der Waals surface area contributed by atoms with Crippen molar-refractivity contribution in [3.05, 3.63) is 45.5 Å². The Bertz CT molecular complexity index is 561. The normalized spacial score (nSPS) is 10.6. The Morgan fingerprint density at radius 3 is 2.80 bits per heavy atom. The maximum atomic E-state index is 13.4. The molecule has 2 aromatic rings. The van der Waals surface area contributed by atoms with Crippen LogP contribution in [0.1, 0.15) is 5.89 Å². The topological polar surface area (TPSA) is 48.0 Å². The highest BCUT2D eigenvalue weighted by Crippen LogP contribution is 2.16. The molecule has 0 aliphatic carbocycles. The van der Waals surface area contributed by atoms with Crippen LogP contribution in [0.3, 0.4) is 0 Å². The zero-order valence-electron chi connectivity index (χ0n) is 7.70. The molecule has 0 N–H and O–H groups in total. The highest BCUT2D eigenvalue weighted by atomic mass is 35.5. The predicted molar refractivity (Wildman–Crippen MR) is 51.8 cm³/mol. The van der Waals surface area contributed by atoms with Gasteiger partial charge in [-0.1, -0.05) is 11.6 Å². The Morgan fingerprint density at radius 2 is 2.27 bits per heavy atom. The van der Waals surface area contributed by atoms with Crippen molar-refractivity contribution in [3.63, 3.8) is 0 Å². The van der Waals surface area contributed by atoms with E-state index in [0.717, 1.165) is 10.7 Å². The van der Waals surface area contributed by atoms with Crippen LogP contribution in [-0.4, -0.2) is 9.78 Å². The number of benzene rings is 1. The molecular weight excluding hydrogens is 223 g/mol. The highest BCUT2D eigenvalue weighted by Gasteiger charge is 2.11. The van der Waals surface area contributed by atoms with Gasteiger partial charge in [0.05, 0.1) is 0 Å². The minimum atomic E-state index is -0.728. The van der Waals surface area contributed by atoms with E-state index in [4.69, 9.17) is 11.6 Å². The lowest BCUT2D eigenvalue weighted by Gasteiger charge is -1.99. The molecule has 1 aromatic heterocycles. The van der Waals surface area contributed by atoms with Gasteiger partial charge in [0, 0.05) is 11.9 Å². The van der Waals surface area contributed by atoms with Crippen LogP contribution >= 0.6 is 11.6 Å². The molecule has 0 aliphatic heterocycles. The van der Waals surface area contributed by atoms with E-state index in [1.165, 1.54) is 19.1 Å². The number of aromatic nitrogens is 2. The fourth-order valence-electron chi connectivity index (χ4n) is 1.18. The fraction of sp³-hybridized carbons (Fsp3) is 0.111. The number of aryl methyl sites for hydroxylation is 1. The summed E-state index contributed by atoms with van der Waals surface area (Å²) in [5.74, 6) is -1.18. The second-order valence-corrected chi connectivity index (χ2v) is 3.33. The Hall–Kier alpha value is -1.62. The van der Waals surface area contributed by atoms with Crippen LogP contribution < -0.4 is 5.76 Å². The van der Waals surface area contributed by atoms with Crippen LogP contribution in [0.2, 0.25) is 5.02 Å². The van der Waals surface area contributed by atoms with Crippen molar-refractivity contribution in [1.29, 1.82) is 0 Å². The van der Waals surface area contributed by atoms with E-state index in [0.29, 0.717) is 0 Å². The van der Waals surface area contributed by atoms with E-state index in [2.05, 4.69) is 9.52 Å². The molecule has 1 heterocycles. The first kappa shape index (κ1) is 9.92. The van der Waals surface area contributed by atoms with Gasteiger partial charge in [-0.15, -0.1) is 5.10 Å². The first-order chi connectivity index (χ1) is 7.08. The Labute approximate surface area is 88.9 Å². The second kappa shape index (κ2) is 3.51.